The SMILES string of the molecule is CC(C)C[C@H](N)COc1cncc(-c2ccc3n[nH]c(C#CC4CCCC4)c3c2)c1. The lowest BCUT2D eigenvalue weighted by Gasteiger charge is -2.15. The van der Waals surface area contributed by atoms with Crippen molar-refractivity contribution < 1.29 is 4.74 Å². The van der Waals surface area contributed by atoms with Gasteiger partial charge in [0.1, 0.15) is 18.1 Å². The molecule has 0 bridgehead atoms. The van der Waals surface area contributed by atoms with Crippen molar-refractivity contribution in [1.29, 1.82) is 0 Å². The number of pyridine rings is 1. The van der Waals surface area contributed by atoms with Crippen LogP contribution in [0.2, 0.25) is 0 Å². The quantitative estimate of drug-likeness (QED) is 0.574. The minimum Gasteiger partial charge on any atom is -0.490 e. The third kappa shape index (κ3) is 5.01. The van der Waals surface area contributed by atoms with Crippen molar-refractivity contribution in [1.82, 2.24) is 15.2 Å². The second-order valence-electron chi connectivity index (χ2n) is 8.69. The summed E-state index contributed by atoms with van der Waals surface area (Å²) in [5.74, 6) is 8.56. The van der Waals surface area contributed by atoms with Gasteiger partial charge in [0.05, 0.1) is 11.7 Å². The molecule has 0 radical (unpaired) electrons. The summed E-state index contributed by atoms with van der Waals surface area (Å²) in [7, 11) is 0. The van der Waals surface area contributed by atoms with Gasteiger partial charge in [-0.3, -0.25) is 10.1 Å². The van der Waals surface area contributed by atoms with Crippen LogP contribution in [0.1, 0.15) is 51.6 Å². The molecular weight excluding hydrogens is 372 g/mol. The molecule has 1 atom stereocenters. The topological polar surface area (TPSA) is 76.8 Å². The fraction of sp³-hybridized carbons (Fsp3) is 0.440. The second kappa shape index (κ2) is 9.32. The van der Waals surface area contributed by atoms with Crippen LogP contribution in [0, 0.1) is 23.7 Å². The molecule has 2 heterocycles. The Balaban J connectivity index is 1.53. The van der Waals surface area contributed by atoms with E-state index in [1.54, 1.807) is 6.20 Å². The molecule has 1 fully saturated rings. The largest absolute Gasteiger partial charge is 0.490 e. The molecule has 0 spiro atoms. The van der Waals surface area contributed by atoms with Crippen LogP contribution in [0.15, 0.2) is 36.7 Å². The molecular formula is C25H30N4O. The van der Waals surface area contributed by atoms with E-state index in [-0.39, 0.29) is 6.04 Å². The summed E-state index contributed by atoms with van der Waals surface area (Å²) >= 11 is 0. The molecule has 156 valence electrons. The lowest BCUT2D eigenvalue weighted by Crippen LogP contribution is -2.29. The number of nitrogens with zero attached hydrogens (tertiary/aromatic N) is 2. The molecule has 2 aromatic heterocycles. The number of rotatable bonds is 6. The van der Waals surface area contributed by atoms with E-state index in [9.17, 15) is 0 Å². The first-order valence-corrected chi connectivity index (χ1v) is 10.9. The van der Waals surface area contributed by atoms with Crippen molar-refractivity contribution in [2.45, 2.75) is 52.0 Å². The number of nitrogens with two attached hydrogens (primary N) is 1. The van der Waals surface area contributed by atoms with E-state index in [2.05, 4.69) is 53.0 Å². The van der Waals surface area contributed by atoms with E-state index in [1.165, 1.54) is 25.7 Å². The zero-order valence-corrected chi connectivity index (χ0v) is 17.8. The standard InChI is InChI=1S/C25H30N4O/c1-17(2)11-21(26)16-30-22-12-20(14-27-15-22)19-8-10-25-23(13-19)24(28-29-25)9-7-18-5-3-4-6-18/h8,10,12-15,17-18,21H,3-6,11,16,26H2,1-2H3,(H,28,29)/t21-/m0/s1. The highest BCUT2D eigenvalue weighted by atomic mass is 16.5. The van der Waals surface area contributed by atoms with Crippen molar-refractivity contribution in [3.63, 3.8) is 0 Å². The predicted molar refractivity (Wildman–Crippen MR) is 121 cm³/mol. The number of fused-ring (bicyclic) bond motifs is 1. The first-order chi connectivity index (χ1) is 14.6. The van der Waals surface area contributed by atoms with Crippen LogP contribution in [0.4, 0.5) is 0 Å². The van der Waals surface area contributed by atoms with Crippen molar-refractivity contribution in [2.75, 3.05) is 6.61 Å². The average molecular weight is 403 g/mol. The summed E-state index contributed by atoms with van der Waals surface area (Å²) in [5, 5.41) is 8.55. The van der Waals surface area contributed by atoms with Gasteiger partial charge in [0.25, 0.3) is 0 Å². The molecule has 1 aromatic carbocycles. The summed E-state index contributed by atoms with van der Waals surface area (Å²) in [6.07, 6.45) is 9.54. The molecule has 1 saturated carbocycles. The molecule has 5 heteroatoms. The highest BCUT2D eigenvalue weighted by Crippen LogP contribution is 2.28. The average Bonchev–Trinajstić information content (AvgIpc) is 3.40. The Morgan fingerprint density at radius 2 is 2.00 bits per heavy atom. The van der Waals surface area contributed by atoms with Gasteiger partial charge in [-0.15, -0.1) is 0 Å². The van der Waals surface area contributed by atoms with Crippen LogP contribution in [-0.2, 0) is 0 Å². The fourth-order valence-electron chi connectivity index (χ4n) is 4.06. The second-order valence-corrected chi connectivity index (χ2v) is 8.69. The molecule has 5 nitrogen and oxygen atoms in total. The van der Waals surface area contributed by atoms with Gasteiger partial charge in [-0.2, -0.15) is 5.10 Å². The summed E-state index contributed by atoms with van der Waals surface area (Å²) < 4.78 is 5.89. The van der Waals surface area contributed by atoms with Gasteiger partial charge < -0.3 is 10.5 Å². The first kappa shape index (κ1) is 20.4. The number of nitrogens with one attached hydrogen (secondary N) is 1. The maximum absolute atomic E-state index is 6.14. The van der Waals surface area contributed by atoms with Gasteiger partial charge in [-0.1, -0.05) is 38.7 Å². The Morgan fingerprint density at radius 1 is 1.17 bits per heavy atom. The van der Waals surface area contributed by atoms with Crippen LogP contribution >= 0.6 is 0 Å². The number of aromatic amines is 1. The van der Waals surface area contributed by atoms with Crippen molar-refractivity contribution in [2.24, 2.45) is 17.6 Å². The molecule has 3 N–H and O–H groups in total. The van der Waals surface area contributed by atoms with Crippen LogP contribution in [-0.4, -0.2) is 27.8 Å². The van der Waals surface area contributed by atoms with Gasteiger partial charge in [0, 0.05) is 29.1 Å². The zero-order chi connectivity index (χ0) is 20.9. The van der Waals surface area contributed by atoms with E-state index in [4.69, 9.17) is 10.5 Å². The smallest absolute Gasteiger partial charge is 0.138 e. The normalized spacial score (nSPS) is 15.3. The predicted octanol–water partition coefficient (Wildman–Crippen LogP) is 4.92. The third-order valence-corrected chi connectivity index (χ3v) is 5.60. The molecule has 3 aromatic rings. The minimum absolute atomic E-state index is 0.0249. The monoisotopic (exact) mass is 402 g/mol. The molecule has 30 heavy (non-hydrogen) atoms. The van der Waals surface area contributed by atoms with Crippen LogP contribution in [0.25, 0.3) is 22.0 Å². The number of ether oxygens (including phenoxy) is 1. The lowest BCUT2D eigenvalue weighted by molar-refractivity contribution is 0.270. The highest BCUT2D eigenvalue weighted by Gasteiger charge is 2.13. The highest BCUT2D eigenvalue weighted by molar-refractivity contribution is 5.88. The number of hydrogen-bond acceptors (Lipinski definition) is 4. The molecule has 0 unspecified atom stereocenters. The van der Waals surface area contributed by atoms with Crippen molar-refractivity contribution in [3.8, 4) is 28.7 Å². The van der Waals surface area contributed by atoms with E-state index in [0.29, 0.717) is 18.4 Å². The maximum Gasteiger partial charge on any atom is 0.138 e. The molecule has 4 rings (SSSR count). The Kier molecular flexibility index (Phi) is 6.35. The van der Waals surface area contributed by atoms with Crippen molar-refractivity contribution in [3.05, 3.63) is 42.4 Å². The fourth-order valence-corrected chi connectivity index (χ4v) is 4.06. The molecule has 1 aliphatic rings. The van der Waals surface area contributed by atoms with E-state index >= 15 is 0 Å². The van der Waals surface area contributed by atoms with Gasteiger partial charge in [-0.05, 0) is 54.9 Å². The Hall–Kier alpha value is -2.84. The summed E-state index contributed by atoms with van der Waals surface area (Å²) in [4.78, 5) is 4.36. The Bertz CT molecular complexity index is 1050. The lowest BCUT2D eigenvalue weighted by atomic mass is 10.0. The van der Waals surface area contributed by atoms with Gasteiger partial charge in [-0.25, -0.2) is 0 Å². The van der Waals surface area contributed by atoms with E-state index < -0.39 is 0 Å². The van der Waals surface area contributed by atoms with Crippen LogP contribution < -0.4 is 10.5 Å². The number of aromatic nitrogens is 3. The Labute approximate surface area is 178 Å². The summed E-state index contributed by atoms with van der Waals surface area (Å²) in [6, 6.07) is 8.25. The molecule has 1 aliphatic carbocycles. The number of benzene rings is 1. The summed E-state index contributed by atoms with van der Waals surface area (Å²) in [6.45, 7) is 4.83. The third-order valence-electron chi connectivity index (χ3n) is 5.60. The first-order valence-electron chi connectivity index (χ1n) is 10.9. The van der Waals surface area contributed by atoms with E-state index in [0.717, 1.165) is 39.9 Å². The molecule has 0 amide bonds. The van der Waals surface area contributed by atoms with E-state index in [1.807, 2.05) is 18.3 Å². The molecule has 0 aliphatic heterocycles. The Morgan fingerprint density at radius 3 is 2.80 bits per heavy atom. The zero-order valence-electron chi connectivity index (χ0n) is 17.8. The van der Waals surface area contributed by atoms with Gasteiger partial charge in [0.15, 0.2) is 0 Å². The van der Waals surface area contributed by atoms with Gasteiger partial charge in [0.2, 0.25) is 0 Å². The minimum atomic E-state index is 0.0249. The molecule has 0 saturated heterocycles. The maximum atomic E-state index is 6.14. The van der Waals surface area contributed by atoms with Crippen LogP contribution in [0.5, 0.6) is 5.75 Å². The van der Waals surface area contributed by atoms with Crippen molar-refractivity contribution >= 4 is 10.9 Å². The number of hydrogen-bond donors (Lipinski definition) is 2. The van der Waals surface area contributed by atoms with Crippen LogP contribution in [0.3, 0.4) is 0 Å². The number of H-pyrrole nitrogens is 1. The summed E-state index contributed by atoms with van der Waals surface area (Å²) in [5.41, 5.74) is 10.0. The van der Waals surface area contributed by atoms with Gasteiger partial charge >= 0.3 is 0 Å².